The fraction of sp³-hybridized carbons (Fsp3) is 0.200. The van der Waals surface area contributed by atoms with E-state index in [2.05, 4.69) is 22.1 Å². The summed E-state index contributed by atoms with van der Waals surface area (Å²) in [7, 11) is 0. The molecule has 0 atom stereocenters. The third-order valence-corrected chi connectivity index (χ3v) is 3.69. The first-order valence-electron chi connectivity index (χ1n) is 6.05. The summed E-state index contributed by atoms with van der Waals surface area (Å²) in [6, 6.07) is 5.62. The fourth-order valence-electron chi connectivity index (χ4n) is 1.68. The molecular formula is C15H14N2O2S. The Morgan fingerprint density at radius 3 is 3.00 bits per heavy atom. The molecule has 1 heterocycles. The molecule has 5 heteroatoms. The minimum absolute atomic E-state index is 0.179. The predicted molar refractivity (Wildman–Crippen MR) is 79.9 cm³/mol. The van der Waals surface area contributed by atoms with Crippen LogP contribution in [0.5, 0.6) is 0 Å². The Labute approximate surface area is 121 Å². The molecule has 0 saturated heterocycles. The van der Waals surface area contributed by atoms with Gasteiger partial charge in [0, 0.05) is 5.56 Å². The summed E-state index contributed by atoms with van der Waals surface area (Å²) in [6.45, 7) is 3.70. The summed E-state index contributed by atoms with van der Waals surface area (Å²) >= 11 is 1.28. The maximum atomic E-state index is 12.2. The maximum absolute atomic E-state index is 12.2. The summed E-state index contributed by atoms with van der Waals surface area (Å²) in [5.74, 6) is 5.12. The van der Waals surface area contributed by atoms with Crippen LogP contribution in [0.4, 0.5) is 5.13 Å². The molecule has 0 radical (unpaired) electrons. The van der Waals surface area contributed by atoms with Gasteiger partial charge in [0.2, 0.25) is 0 Å². The lowest BCUT2D eigenvalue weighted by Gasteiger charge is -2.07. The SMILES string of the molecule is Cc1cccc(C(=O)Nc2ncc(C#CCO)s2)c1C. The molecule has 1 amide bonds. The van der Waals surface area contributed by atoms with Crippen molar-refractivity contribution in [3.8, 4) is 11.8 Å². The Kier molecular flexibility index (Phi) is 4.51. The molecule has 0 saturated carbocycles. The average molecular weight is 286 g/mol. The van der Waals surface area contributed by atoms with Crippen LogP contribution in [0.1, 0.15) is 26.4 Å². The van der Waals surface area contributed by atoms with Gasteiger partial charge >= 0.3 is 0 Å². The van der Waals surface area contributed by atoms with Gasteiger partial charge in [-0.15, -0.1) is 0 Å². The normalized spacial score (nSPS) is 9.75. The number of aliphatic hydroxyl groups excluding tert-OH is 1. The van der Waals surface area contributed by atoms with E-state index in [4.69, 9.17) is 5.11 Å². The van der Waals surface area contributed by atoms with Gasteiger partial charge in [0.15, 0.2) is 5.13 Å². The molecule has 102 valence electrons. The molecule has 2 N–H and O–H groups in total. The number of aliphatic hydroxyl groups is 1. The Morgan fingerprint density at radius 1 is 1.45 bits per heavy atom. The van der Waals surface area contributed by atoms with E-state index in [1.54, 1.807) is 12.3 Å². The molecule has 0 aliphatic rings. The van der Waals surface area contributed by atoms with Crippen molar-refractivity contribution in [2.24, 2.45) is 0 Å². The number of rotatable bonds is 2. The van der Waals surface area contributed by atoms with E-state index in [0.29, 0.717) is 15.6 Å². The molecule has 0 fully saturated rings. The lowest BCUT2D eigenvalue weighted by atomic mass is 10.0. The van der Waals surface area contributed by atoms with Gasteiger partial charge in [0.05, 0.1) is 11.1 Å². The van der Waals surface area contributed by atoms with Crippen LogP contribution in [0.3, 0.4) is 0 Å². The topological polar surface area (TPSA) is 62.2 Å². The lowest BCUT2D eigenvalue weighted by Crippen LogP contribution is -2.13. The van der Waals surface area contributed by atoms with Gasteiger partial charge in [-0.05, 0) is 31.0 Å². The van der Waals surface area contributed by atoms with Crippen LogP contribution < -0.4 is 5.32 Å². The Balaban J connectivity index is 2.15. The summed E-state index contributed by atoms with van der Waals surface area (Å²) in [5.41, 5.74) is 2.68. The number of nitrogens with zero attached hydrogens (tertiary/aromatic N) is 1. The van der Waals surface area contributed by atoms with E-state index in [1.165, 1.54) is 11.3 Å². The Bertz CT molecular complexity index is 695. The molecular weight excluding hydrogens is 272 g/mol. The minimum atomic E-state index is -0.192. The number of amides is 1. The van der Waals surface area contributed by atoms with Gasteiger partial charge in [0.1, 0.15) is 6.61 Å². The summed E-state index contributed by atoms with van der Waals surface area (Å²) < 4.78 is 0. The average Bonchev–Trinajstić information content (AvgIpc) is 2.87. The number of carbonyl (C=O) groups excluding carboxylic acids is 1. The highest BCUT2D eigenvalue weighted by Crippen LogP contribution is 2.19. The van der Waals surface area contributed by atoms with Gasteiger partial charge in [-0.3, -0.25) is 10.1 Å². The largest absolute Gasteiger partial charge is 0.384 e. The molecule has 1 aromatic carbocycles. The fourth-order valence-corrected chi connectivity index (χ4v) is 2.36. The van der Waals surface area contributed by atoms with Crippen molar-refractivity contribution in [3.63, 3.8) is 0 Å². The molecule has 0 unspecified atom stereocenters. The van der Waals surface area contributed by atoms with E-state index in [0.717, 1.165) is 11.1 Å². The summed E-state index contributed by atoms with van der Waals surface area (Å²) in [6.07, 6.45) is 1.58. The van der Waals surface area contributed by atoms with Crippen molar-refractivity contribution in [2.45, 2.75) is 13.8 Å². The number of hydrogen-bond acceptors (Lipinski definition) is 4. The Hall–Kier alpha value is -2.16. The van der Waals surface area contributed by atoms with Crippen molar-refractivity contribution in [1.82, 2.24) is 4.98 Å². The zero-order valence-corrected chi connectivity index (χ0v) is 12.0. The number of nitrogens with one attached hydrogen (secondary N) is 1. The van der Waals surface area contributed by atoms with Crippen LogP contribution in [0.25, 0.3) is 0 Å². The third kappa shape index (κ3) is 3.23. The number of carbonyl (C=O) groups is 1. The smallest absolute Gasteiger partial charge is 0.257 e. The highest BCUT2D eigenvalue weighted by Gasteiger charge is 2.11. The highest BCUT2D eigenvalue weighted by atomic mass is 32.1. The number of thiazole rings is 1. The van der Waals surface area contributed by atoms with Crippen LogP contribution in [0.2, 0.25) is 0 Å². The van der Waals surface area contributed by atoms with Gasteiger partial charge < -0.3 is 5.11 Å². The summed E-state index contributed by atoms with van der Waals surface area (Å²) in [4.78, 5) is 17.0. The first-order chi connectivity index (χ1) is 9.61. The first-order valence-corrected chi connectivity index (χ1v) is 6.86. The Morgan fingerprint density at radius 2 is 2.25 bits per heavy atom. The standard InChI is InChI=1S/C15H14N2O2S/c1-10-5-3-7-13(11(10)2)14(19)17-15-16-9-12(20-15)6-4-8-18/h3,5,7,9,18H,8H2,1-2H3,(H,16,17,19). The molecule has 0 bridgehead atoms. The van der Waals surface area contributed by atoms with Crippen molar-refractivity contribution in [3.05, 3.63) is 46.0 Å². The number of benzene rings is 1. The van der Waals surface area contributed by atoms with E-state index < -0.39 is 0 Å². The molecule has 4 nitrogen and oxygen atoms in total. The third-order valence-electron chi connectivity index (χ3n) is 2.87. The van der Waals surface area contributed by atoms with Crippen molar-refractivity contribution >= 4 is 22.4 Å². The van der Waals surface area contributed by atoms with Crippen molar-refractivity contribution in [1.29, 1.82) is 0 Å². The molecule has 0 aliphatic carbocycles. The van der Waals surface area contributed by atoms with Crippen molar-refractivity contribution < 1.29 is 9.90 Å². The van der Waals surface area contributed by atoms with Crippen LogP contribution in [0, 0.1) is 25.7 Å². The molecule has 0 aliphatic heterocycles. The molecule has 2 aromatic rings. The van der Waals surface area contributed by atoms with Crippen molar-refractivity contribution in [2.75, 3.05) is 11.9 Å². The van der Waals surface area contributed by atoms with Gasteiger partial charge in [-0.25, -0.2) is 4.98 Å². The quantitative estimate of drug-likeness (QED) is 0.833. The number of aryl methyl sites for hydroxylation is 1. The molecule has 0 spiro atoms. The van der Waals surface area contributed by atoms with E-state index in [-0.39, 0.29) is 12.5 Å². The van der Waals surface area contributed by atoms with E-state index >= 15 is 0 Å². The van der Waals surface area contributed by atoms with Gasteiger partial charge in [0.25, 0.3) is 5.91 Å². The second-order valence-electron chi connectivity index (χ2n) is 4.19. The monoisotopic (exact) mass is 286 g/mol. The second-order valence-corrected chi connectivity index (χ2v) is 5.22. The number of hydrogen-bond donors (Lipinski definition) is 2. The highest BCUT2D eigenvalue weighted by molar-refractivity contribution is 7.16. The first kappa shape index (κ1) is 14.3. The minimum Gasteiger partial charge on any atom is -0.384 e. The van der Waals surface area contributed by atoms with E-state index in [9.17, 15) is 4.79 Å². The second kappa shape index (κ2) is 6.33. The zero-order valence-electron chi connectivity index (χ0n) is 11.2. The number of anilines is 1. The number of aromatic nitrogens is 1. The lowest BCUT2D eigenvalue weighted by molar-refractivity contribution is 0.102. The van der Waals surface area contributed by atoms with Gasteiger partial charge in [-0.2, -0.15) is 0 Å². The van der Waals surface area contributed by atoms with Crippen LogP contribution in [-0.2, 0) is 0 Å². The van der Waals surface area contributed by atoms with Crippen LogP contribution >= 0.6 is 11.3 Å². The predicted octanol–water partition coefficient (Wildman–Crippen LogP) is 2.36. The maximum Gasteiger partial charge on any atom is 0.257 e. The van der Waals surface area contributed by atoms with Gasteiger partial charge in [-0.1, -0.05) is 35.3 Å². The zero-order chi connectivity index (χ0) is 14.5. The van der Waals surface area contributed by atoms with Crippen LogP contribution in [-0.4, -0.2) is 22.6 Å². The summed E-state index contributed by atoms with van der Waals surface area (Å²) in [5, 5.41) is 11.9. The van der Waals surface area contributed by atoms with Crippen LogP contribution in [0.15, 0.2) is 24.4 Å². The molecule has 20 heavy (non-hydrogen) atoms. The molecule has 1 aromatic heterocycles. The van der Waals surface area contributed by atoms with E-state index in [1.807, 2.05) is 26.0 Å². The molecule has 2 rings (SSSR count).